The molecule has 100 valence electrons. The van der Waals surface area contributed by atoms with Gasteiger partial charge in [-0.1, -0.05) is 0 Å². The van der Waals surface area contributed by atoms with Gasteiger partial charge in [0.15, 0.2) is 0 Å². The van der Waals surface area contributed by atoms with Crippen molar-refractivity contribution in [2.75, 3.05) is 19.6 Å². The summed E-state index contributed by atoms with van der Waals surface area (Å²) >= 11 is 0. The van der Waals surface area contributed by atoms with Gasteiger partial charge in [0.1, 0.15) is 12.2 Å². The Kier molecular flexibility index (Phi) is 3.61. The van der Waals surface area contributed by atoms with Gasteiger partial charge < -0.3 is 5.32 Å². The summed E-state index contributed by atoms with van der Waals surface area (Å²) in [6.07, 6.45) is 7.06. The standard InChI is InChI=1S/C13H23N5/c1-17-13(15-10-16-17)9-18-6-4-12(5-7-18)14-8-11-2-3-11/h10-12,14H,2-9H2,1H3. The average molecular weight is 249 g/mol. The van der Waals surface area contributed by atoms with Gasteiger partial charge in [-0.3, -0.25) is 9.58 Å². The van der Waals surface area contributed by atoms with E-state index in [4.69, 9.17) is 0 Å². The fraction of sp³-hybridized carbons (Fsp3) is 0.846. The lowest BCUT2D eigenvalue weighted by Crippen LogP contribution is -2.43. The number of rotatable bonds is 5. The smallest absolute Gasteiger partial charge is 0.140 e. The molecule has 5 heteroatoms. The van der Waals surface area contributed by atoms with E-state index in [1.807, 2.05) is 11.7 Å². The van der Waals surface area contributed by atoms with Gasteiger partial charge >= 0.3 is 0 Å². The zero-order valence-electron chi connectivity index (χ0n) is 11.2. The third-order valence-corrected chi connectivity index (χ3v) is 4.15. The Morgan fingerprint density at radius 3 is 2.67 bits per heavy atom. The number of hydrogen-bond acceptors (Lipinski definition) is 4. The molecule has 1 aromatic rings. The van der Waals surface area contributed by atoms with Gasteiger partial charge in [0.25, 0.3) is 0 Å². The topological polar surface area (TPSA) is 46.0 Å². The molecule has 1 aliphatic carbocycles. The first-order chi connectivity index (χ1) is 8.81. The molecular weight excluding hydrogens is 226 g/mol. The van der Waals surface area contributed by atoms with Crippen LogP contribution >= 0.6 is 0 Å². The monoisotopic (exact) mass is 249 g/mol. The van der Waals surface area contributed by atoms with Gasteiger partial charge in [-0.2, -0.15) is 5.10 Å². The van der Waals surface area contributed by atoms with Crippen molar-refractivity contribution in [1.29, 1.82) is 0 Å². The summed E-state index contributed by atoms with van der Waals surface area (Å²) in [6.45, 7) is 4.53. The lowest BCUT2D eigenvalue weighted by molar-refractivity contribution is 0.184. The molecule has 1 N–H and O–H groups in total. The molecule has 0 aromatic carbocycles. The van der Waals surface area contributed by atoms with Crippen LogP contribution in [0, 0.1) is 5.92 Å². The van der Waals surface area contributed by atoms with Gasteiger partial charge in [0.2, 0.25) is 0 Å². The number of hydrogen-bond donors (Lipinski definition) is 1. The highest BCUT2D eigenvalue weighted by atomic mass is 15.3. The molecule has 0 bridgehead atoms. The molecule has 2 aliphatic rings. The van der Waals surface area contributed by atoms with Crippen LogP contribution in [0.25, 0.3) is 0 Å². The van der Waals surface area contributed by atoms with Gasteiger partial charge in [-0.15, -0.1) is 0 Å². The van der Waals surface area contributed by atoms with Gasteiger partial charge in [-0.05, 0) is 38.1 Å². The maximum Gasteiger partial charge on any atom is 0.140 e. The minimum Gasteiger partial charge on any atom is -0.314 e. The van der Waals surface area contributed by atoms with E-state index in [0.29, 0.717) is 0 Å². The van der Waals surface area contributed by atoms with Crippen molar-refractivity contribution < 1.29 is 0 Å². The van der Waals surface area contributed by atoms with Crippen molar-refractivity contribution in [3.63, 3.8) is 0 Å². The summed E-state index contributed by atoms with van der Waals surface area (Å²) in [5.41, 5.74) is 0. The normalized spacial score (nSPS) is 22.5. The first kappa shape index (κ1) is 12.1. The van der Waals surface area contributed by atoms with Crippen LogP contribution < -0.4 is 5.32 Å². The van der Waals surface area contributed by atoms with Crippen molar-refractivity contribution in [2.24, 2.45) is 13.0 Å². The summed E-state index contributed by atoms with van der Waals surface area (Å²) in [7, 11) is 1.96. The van der Waals surface area contributed by atoms with E-state index in [-0.39, 0.29) is 0 Å². The molecule has 1 saturated carbocycles. The second kappa shape index (κ2) is 5.36. The first-order valence-electron chi connectivity index (χ1n) is 7.10. The molecule has 18 heavy (non-hydrogen) atoms. The van der Waals surface area contributed by atoms with Crippen molar-refractivity contribution in [3.05, 3.63) is 12.2 Å². The summed E-state index contributed by atoms with van der Waals surface area (Å²) in [4.78, 5) is 6.78. The third kappa shape index (κ3) is 3.09. The minimum absolute atomic E-state index is 0.737. The van der Waals surface area contributed by atoms with E-state index in [0.717, 1.165) is 24.3 Å². The number of nitrogens with zero attached hydrogens (tertiary/aromatic N) is 4. The van der Waals surface area contributed by atoms with Crippen LogP contribution in [0.4, 0.5) is 0 Å². The first-order valence-corrected chi connectivity index (χ1v) is 7.10. The molecule has 1 saturated heterocycles. The van der Waals surface area contributed by atoms with Crippen LogP contribution in [0.3, 0.4) is 0 Å². The van der Waals surface area contributed by atoms with Gasteiger partial charge in [-0.25, -0.2) is 4.98 Å². The van der Waals surface area contributed by atoms with E-state index >= 15 is 0 Å². The van der Waals surface area contributed by atoms with Crippen LogP contribution in [-0.4, -0.2) is 45.3 Å². The highest BCUT2D eigenvalue weighted by Gasteiger charge is 2.24. The second-order valence-electron chi connectivity index (χ2n) is 5.70. The van der Waals surface area contributed by atoms with E-state index in [9.17, 15) is 0 Å². The van der Waals surface area contributed by atoms with Crippen LogP contribution in [0.2, 0.25) is 0 Å². The Balaban J connectivity index is 1.40. The van der Waals surface area contributed by atoms with E-state index in [1.54, 1.807) is 6.33 Å². The summed E-state index contributed by atoms with van der Waals surface area (Å²) in [6, 6.07) is 0.737. The lowest BCUT2D eigenvalue weighted by atomic mass is 10.0. The number of aromatic nitrogens is 3. The Hall–Kier alpha value is -0.940. The Bertz CT molecular complexity index is 376. The molecule has 2 heterocycles. The molecule has 3 rings (SSSR count). The molecule has 2 fully saturated rings. The van der Waals surface area contributed by atoms with Crippen molar-refractivity contribution in [1.82, 2.24) is 25.0 Å². The third-order valence-electron chi connectivity index (χ3n) is 4.15. The van der Waals surface area contributed by atoms with E-state index in [1.165, 1.54) is 45.3 Å². The Morgan fingerprint density at radius 1 is 1.28 bits per heavy atom. The molecule has 5 nitrogen and oxygen atoms in total. The Labute approximate surface area is 109 Å². The molecule has 0 radical (unpaired) electrons. The predicted octanol–water partition coefficient (Wildman–Crippen LogP) is 0.779. The quantitative estimate of drug-likeness (QED) is 0.837. The van der Waals surface area contributed by atoms with Crippen LogP contribution in [0.1, 0.15) is 31.5 Å². The van der Waals surface area contributed by atoms with E-state index < -0.39 is 0 Å². The van der Waals surface area contributed by atoms with Crippen LogP contribution in [0.15, 0.2) is 6.33 Å². The SMILES string of the molecule is Cn1ncnc1CN1CCC(NCC2CC2)CC1. The number of aryl methyl sites for hydroxylation is 1. The van der Waals surface area contributed by atoms with Gasteiger partial charge in [0.05, 0.1) is 6.54 Å². The molecule has 1 aliphatic heterocycles. The van der Waals surface area contributed by atoms with Crippen molar-refractivity contribution in [3.8, 4) is 0 Å². The highest BCUT2D eigenvalue weighted by Crippen LogP contribution is 2.28. The average Bonchev–Trinajstić information content (AvgIpc) is 3.13. The zero-order valence-corrected chi connectivity index (χ0v) is 11.2. The minimum atomic E-state index is 0.737. The fourth-order valence-electron chi connectivity index (χ4n) is 2.61. The highest BCUT2D eigenvalue weighted by molar-refractivity contribution is 4.87. The molecule has 0 atom stereocenters. The Morgan fingerprint density at radius 2 is 2.06 bits per heavy atom. The summed E-state index contributed by atoms with van der Waals surface area (Å²) < 4.78 is 1.87. The zero-order chi connectivity index (χ0) is 12.4. The number of likely N-dealkylation sites (tertiary alicyclic amines) is 1. The van der Waals surface area contributed by atoms with E-state index in [2.05, 4.69) is 20.3 Å². The van der Waals surface area contributed by atoms with Crippen LogP contribution in [0.5, 0.6) is 0 Å². The maximum absolute atomic E-state index is 4.29. The van der Waals surface area contributed by atoms with Gasteiger partial charge in [0, 0.05) is 26.2 Å². The molecule has 0 amide bonds. The summed E-state index contributed by atoms with van der Waals surface area (Å²) in [5, 5.41) is 7.83. The number of piperidine rings is 1. The molecule has 0 spiro atoms. The fourth-order valence-corrected chi connectivity index (χ4v) is 2.61. The molecule has 0 unspecified atom stereocenters. The molecule has 1 aromatic heterocycles. The largest absolute Gasteiger partial charge is 0.314 e. The maximum atomic E-state index is 4.29. The molecular formula is C13H23N5. The lowest BCUT2D eigenvalue weighted by Gasteiger charge is -2.32. The van der Waals surface area contributed by atoms with Crippen LogP contribution in [-0.2, 0) is 13.6 Å². The second-order valence-corrected chi connectivity index (χ2v) is 5.70. The number of nitrogens with one attached hydrogen (secondary N) is 1. The van der Waals surface area contributed by atoms with Crippen molar-refractivity contribution in [2.45, 2.75) is 38.3 Å². The predicted molar refractivity (Wildman–Crippen MR) is 70.0 cm³/mol. The summed E-state index contributed by atoms with van der Waals surface area (Å²) in [5.74, 6) is 2.06. The van der Waals surface area contributed by atoms with Crippen molar-refractivity contribution >= 4 is 0 Å².